The summed E-state index contributed by atoms with van der Waals surface area (Å²) in [4.78, 5) is 0. The summed E-state index contributed by atoms with van der Waals surface area (Å²) in [5.41, 5.74) is 8.09. The molecule has 0 fully saturated rings. The van der Waals surface area contributed by atoms with Gasteiger partial charge in [0.25, 0.3) is 0 Å². The number of halogens is 1. The third-order valence-corrected chi connectivity index (χ3v) is 4.62. The van der Waals surface area contributed by atoms with Crippen molar-refractivity contribution >= 4 is 22.0 Å². The van der Waals surface area contributed by atoms with Crippen LogP contribution < -0.4 is 0 Å². The maximum absolute atomic E-state index is 3.70. The molecule has 2 aromatic rings. The molecule has 0 saturated heterocycles. The maximum Gasteiger partial charge on any atom is 0.0280 e. The first-order chi connectivity index (χ1) is 8.66. The predicted octanol–water partition coefficient (Wildman–Crippen LogP) is 5.30. The van der Waals surface area contributed by atoms with Crippen LogP contribution >= 0.6 is 15.9 Å². The van der Waals surface area contributed by atoms with Crippen molar-refractivity contribution in [2.45, 2.75) is 20.3 Å². The first-order valence-electron chi connectivity index (χ1n) is 6.22. The molecule has 90 valence electrons. The molecule has 0 unspecified atom stereocenters. The average molecular weight is 299 g/mol. The fourth-order valence-electron chi connectivity index (χ4n) is 2.54. The van der Waals surface area contributed by atoms with Gasteiger partial charge in [0, 0.05) is 4.47 Å². The summed E-state index contributed by atoms with van der Waals surface area (Å²) in [6.45, 7) is 4.29. The lowest BCUT2D eigenvalue weighted by molar-refractivity contribution is 1.28. The number of aryl methyl sites for hydroxylation is 2. The van der Waals surface area contributed by atoms with E-state index in [1.54, 1.807) is 0 Å². The lowest BCUT2D eigenvalue weighted by Crippen LogP contribution is -1.93. The molecule has 0 radical (unpaired) electrons. The second-order valence-corrected chi connectivity index (χ2v) is 5.71. The monoisotopic (exact) mass is 298 g/mol. The quantitative estimate of drug-likeness (QED) is 0.670. The zero-order valence-electron chi connectivity index (χ0n) is 10.6. The van der Waals surface area contributed by atoms with Gasteiger partial charge in [-0.2, -0.15) is 0 Å². The number of hydrogen-bond donors (Lipinski definition) is 0. The summed E-state index contributed by atoms with van der Waals surface area (Å²) in [5.74, 6) is 0. The molecule has 0 aliphatic heterocycles. The molecule has 0 spiro atoms. The van der Waals surface area contributed by atoms with Crippen molar-refractivity contribution in [1.29, 1.82) is 0 Å². The molecule has 0 atom stereocenters. The van der Waals surface area contributed by atoms with E-state index in [0.29, 0.717) is 0 Å². The zero-order valence-corrected chi connectivity index (χ0v) is 12.2. The summed E-state index contributed by atoms with van der Waals surface area (Å²) < 4.78 is 1.24. The molecule has 0 bridgehead atoms. The van der Waals surface area contributed by atoms with Crippen LogP contribution in [-0.2, 0) is 6.42 Å². The van der Waals surface area contributed by atoms with Crippen LogP contribution in [0.1, 0.15) is 22.3 Å². The normalized spacial score (nSPS) is 12.8. The zero-order chi connectivity index (χ0) is 12.7. The van der Waals surface area contributed by atoms with Crippen molar-refractivity contribution in [3.63, 3.8) is 0 Å². The van der Waals surface area contributed by atoms with Gasteiger partial charge in [-0.05, 0) is 70.1 Å². The third-order valence-electron chi connectivity index (χ3n) is 3.56. The van der Waals surface area contributed by atoms with E-state index in [1.807, 2.05) is 0 Å². The van der Waals surface area contributed by atoms with Crippen molar-refractivity contribution in [1.82, 2.24) is 0 Å². The van der Waals surface area contributed by atoms with Crippen LogP contribution in [0.4, 0.5) is 0 Å². The Labute approximate surface area is 116 Å². The molecular formula is C17H15Br. The molecule has 0 nitrogen and oxygen atoms in total. The van der Waals surface area contributed by atoms with E-state index in [1.165, 1.54) is 37.9 Å². The minimum atomic E-state index is 1.04. The Kier molecular flexibility index (Phi) is 2.87. The van der Waals surface area contributed by atoms with Gasteiger partial charge < -0.3 is 0 Å². The van der Waals surface area contributed by atoms with Gasteiger partial charge in [0.2, 0.25) is 0 Å². The average Bonchev–Trinajstić information content (AvgIpc) is 2.84. The summed E-state index contributed by atoms with van der Waals surface area (Å²) in [7, 11) is 0. The second-order valence-electron chi connectivity index (χ2n) is 4.92. The summed E-state index contributed by atoms with van der Waals surface area (Å²) in [6, 6.07) is 11.1. The van der Waals surface area contributed by atoms with Crippen molar-refractivity contribution in [2.75, 3.05) is 0 Å². The van der Waals surface area contributed by atoms with E-state index in [9.17, 15) is 0 Å². The fourth-order valence-corrected chi connectivity index (χ4v) is 3.02. The van der Waals surface area contributed by atoms with Gasteiger partial charge in [-0.15, -0.1) is 0 Å². The molecule has 0 aromatic heterocycles. The van der Waals surface area contributed by atoms with Crippen molar-refractivity contribution < 1.29 is 0 Å². The van der Waals surface area contributed by atoms with E-state index in [-0.39, 0.29) is 0 Å². The molecule has 2 aromatic carbocycles. The lowest BCUT2D eigenvalue weighted by atomic mass is 9.94. The summed E-state index contributed by atoms with van der Waals surface area (Å²) >= 11 is 3.70. The molecule has 1 heteroatoms. The highest BCUT2D eigenvalue weighted by atomic mass is 79.9. The Morgan fingerprint density at radius 3 is 2.50 bits per heavy atom. The fraction of sp³-hybridized carbons (Fsp3) is 0.176. The number of fused-ring (bicyclic) bond motifs is 1. The smallest absolute Gasteiger partial charge is 0.0280 e. The number of rotatable bonds is 1. The van der Waals surface area contributed by atoms with E-state index < -0.39 is 0 Å². The molecule has 18 heavy (non-hydrogen) atoms. The van der Waals surface area contributed by atoms with Gasteiger partial charge in [0.1, 0.15) is 0 Å². The summed E-state index contributed by atoms with van der Waals surface area (Å²) in [6.07, 6.45) is 5.51. The Balaban J connectivity index is 2.23. The van der Waals surface area contributed by atoms with Gasteiger partial charge in [0.05, 0.1) is 0 Å². The third kappa shape index (κ3) is 1.83. The highest BCUT2D eigenvalue weighted by Gasteiger charge is 2.16. The van der Waals surface area contributed by atoms with Crippen molar-refractivity contribution in [2.24, 2.45) is 0 Å². The van der Waals surface area contributed by atoms with Gasteiger partial charge in [0.15, 0.2) is 0 Å². The molecule has 0 heterocycles. The maximum atomic E-state index is 3.70. The van der Waals surface area contributed by atoms with Crippen LogP contribution in [0.3, 0.4) is 0 Å². The minimum absolute atomic E-state index is 1.04. The Hall–Kier alpha value is -1.34. The van der Waals surface area contributed by atoms with E-state index in [2.05, 4.69) is 72.3 Å². The highest BCUT2D eigenvalue weighted by Crippen LogP contribution is 2.37. The van der Waals surface area contributed by atoms with Crippen LogP contribution in [-0.4, -0.2) is 0 Å². The minimum Gasteiger partial charge on any atom is -0.0794 e. The number of hydrogen-bond acceptors (Lipinski definition) is 0. The number of benzene rings is 2. The van der Waals surface area contributed by atoms with Gasteiger partial charge >= 0.3 is 0 Å². The Morgan fingerprint density at radius 1 is 1.06 bits per heavy atom. The van der Waals surface area contributed by atoms with Crippen LogP contribution in [0.15, 0.2) is 40.9 Å². The molecule has 1 aliphatic carbocycles. The van der Waals surface area contributed by atoms with Crippen LogP contribution in [0.2, 0.25) is 0 Å². The molecule has 3 rings (SSSR count). The lowest BCUT2D eigenvalue weighted by Gasteiger charge is -2.13. The largest absolute Gasteiger partial charge is 0.0794 e. The SMILES string of the molecule is Cc1ccc(-c2cc(C)c(Br)c3c2CC=C3)cc1. The first kappa shape index (κ1) is 11.7. The van der Waals surface area contributed by atoms with Crippen LogP contribution in [0.25, 0.3) is 17.2 Å². The van der Waals surface area contributed by atoms with E-state index in [0.717, 1.165) is 6.42 Å². The van der Waals surface area contributed by atoms with Gasteiger partial charge in [-0.1, -0.05) is 42.0 Å². The second kappa shape index (κ2) is 4.40. The Bertz CT molecular complexity index is 634. The van der Waals surface area contributed by atoms with E-state index >= 15 is 0 Å². The van der Waals surface area contributed by atoms with Crippen molar-refractivity contribution in [3.8, 4) is 11.1 Å². The van der Waals surface area contributed by atoms with Crippen LogP contribution in [0.5, 0.6) is 0 Å². The van der Waals surface area contributed by atoms with Crippen LogP contribution in [0, 0.1) is 13.8 Å². The topological polar surface area (TPSA) is 0 Å². The summed E-state index contributed by atoms with van der Waals surface area (Å²) in [5, 5.41) is 0. The standard InChI is InChI=1S/C17H15Br/c1-11-6-8-13(9-7-11)16-10-12(2)17(18)15-5-3-4-14(15)16/h3,5-10H,4H2,1-2H3. The predicted molar refractivity (Wildman–Crippen MR) is 81.8 cm³/mol. The number of allylic oxidation sites excluding steroid dienone is 1. The molecule has 0 saturated carbocycles. The van der Waals surface area contributed by atoms with E-state index in [4.69, 9.17) is 0 Å². The molecular weight excluding hydrogens is 284 g/mol. The van der Waals surface area contributed by atoms with Gasteiger partial charge in [-0.25, -0.2) is 0 Å². The highest BCUT2D eigenvalue weighted by molar-refractivity contribution is 9.10. The molecule has 1 aliphatic rings. The molecule has 0 amide bonds. The Morgan fingerprint density at radius 2 is 1.78 bits per heavy atom. The van der Waals surface area contributed by atoms with Gasteiger partial charge in [-0.3, -0.25) is 0 Å². The molecule has 0 N–H and O–H groups in total. The van der Waals surface area contributed by atoms with Crippen molar-refractivity contribution in [3.05, 3.63) is 63.1 Å². The first-order valence-corrected chi connectivity index (χ1v) is 7.01.